The Hall–Kier alpha value is -3.60. The molecule has 0 saturated carbocycles. The van der Waals surface area contributed by atoms with E-state index in [9.17, 15) is 9.59 Å². The van der Waals surface area contributed by atoms with Crippen LogP contribution in [0.2, 0.25) is 0 Å². The molecular weight excluding hydrogens is 424 g/mol. The maximum absolute atomic E-state index is 12.5. The van der Waals surface area contributed by atoms with E-state index in [0.717, 1.165) is 0 Å². The third kappa shape index (κ3) is 6.95. The number of benzene rings is 3. The molecule has 5 heteroatoms. The average Bonchev–Trinajstić information content (AvgIpc) is 2.78. The van der Waals surface area contributed by atoms with Crippen LogP contribution in [0, 0.1) is 0 Å². The van der Waals surface area contributed by atoms with Gasteiger partial charge in [-0.3, -0.25) is 9.59 Å². The minimum atomic E-state index is -0.254. The number of hydrogen-bond acceptors (Lipinski definition) is 3. The van der Waals surface area contributed by atoms with Crippen LogP contribution in [0.5, 0.6) is 5.75 Å². The molecule has 0 saturated heterocycles. The van der Waals surface area contributed by atoms with Crippen molar-refractivity contribution >= 4 is 23.2 Å². The van der Waals surface area contributed by atoms with E-state index in [4.69, 9.17) is 4.74 Å². The van der Waals surface area contributed by atoms with Crippen molar-refractivity contribution in [2.24, 2.45) is 0 Å². The maximum Gasteiger partial charge on any atom is 0.262 e. The Morgan fingerprint density at radius 1 is 0.647 bits per heavy atom. The summed E-state index contributed by atoms with van der Waals surface area (Å²) in [6.07, 6.45) is 0. The van der Waals surface area contributed by atoms with Gasteiger partial charge >= 0.3 is 0 Å². The number of anilines is 2. The third-order valence-electron chi connectivity index (χ3n) is 5.53. The highest BCUT2D eigenvalue weighted by molar-refractivity contribution is 6.04. The summed E-state index contributed by atoms with van der Waals surface area (Å²) in [4.78, 5) is 24.8. The van der Waals surface area contributed by atoms with E-state index in [1.165, 1.54) is 11.1 Å². The Morgan fingerprint density at radius 2 is 1.09 bits per heavy atom. The van der Waals surface area contributed by atoms with Gasteiger partial charge in [0, 0.05) is 16.9 Å². The number of amides is 2. The van der Waals surface area contributed by atoms with Gasteiger partial charge in [0.1, 0.15) is 5.75 Å². The average molecular weight is 459 g/mol. The van der Waals surface area contributed by atoms with Crippen LogP contribution < -0.4 is 15.4 Å². The molecule has 0 aliphatic carbocycles. The number of carbonyl (C=O) groups excluding carboxylic acids is 2. The summed E-state index contributed by atoms with van der Waals surface area (Å²) in [7, 11) is 0. The highest BCUT2D eigenvalue weighted by atomic mass is 16.5. The van der Waals surface area contributed by atoms with Gasteiger partial charge in [0.05, 0.1) is 0 Å². The normalized spacial score (nSPS) is 11.6. The zero-order chi connectivity index (χ0) is 24.9. The molecule has 0 aromatic heterocycles. The van der Waals surface area contributed by atoms with Crippen LogP contribution in [-0.2, 0) is 15.6 Å². The number of nitrogens with one attached hydrogen (secondary N) is 2. The van der Waals surface area contributed by atoms with Gasteiger partial charge in [-0.1, -0.05) is 65.8 Å². The molecule has 0 bridgehead atoms. The van der Waals surface area contributed by atoms with E-state index in [2.05, 4.69) is 52.2 Å². The van der Waals surface area contributed by atoms with E-state index in [-0.39, 0.29) is 29.3 Å². The van der Waals surface area contributed by atoms with Gasteiger partial charge in [0.15, 0.2) is 6.61 Å². The third-order valence-corrected chi connectivity index (χ3v) is 5.53. The minimum absolute atomic E-state index is 0.0389. The fourth-order valence-electron chi connectivity index (χ4n) is 3.36. The van der Waals surface area contributed by atoms with Crippen LogP contribution in [0.4, 0.5) is 11.4 Å². The summed E-state index contributed by atoms with van der Waals surface area (Å²) in [5.41, 5.74) is 4.36. The Labute approximate surface area is 202 Å². The molecule has 0 unspecified atom stereocenters. The summed E-state index contributed by atoms with van der Waals surface area (Å²) >= 11 is 0. The molecule has 2 amide bonds. The first-order chi connectivity index (χ1) is 15.9. The van der Waals surface area contributed by atoms with Gasteiger partial charge < -0.3 is 15.4 Å². The second-order valence-corrected chi connectivity index (χ2v) is 10.5. The molecule has 0 radical (unpaired) electrons. The summed E-state index contributed by atoms with van der Waals surface area (Å²) in [6, 6.07) is 22.4. The Morgan fingerprint density at radius 3 is 1.56 bits per heavy atom. The lowest BCUT2D eigenvalue weighted by molar-refractivity contribution is -0.118. The van der Waals surface area contributed by atoms with Crippen molar-refractivity contribution in [3.63, 3.8) is 0 Å². The van der Waals surface area contributed by atoms with Crippen LogP contribution in [-0.4, -0.2) is 18.4 Å². The second kappa shape index (κ2) is 10.1. The lowest BCUT2D eigenvalue weighted by Crippen LogP contribution is -2.20. The molecule has 3 aromatic carbocycles. The molecular formula is C29H34N2O3. The van der Waals surface area contributed by atoms with Crippen LogP contribution in [0.3, 0.4) is 0 Å². The zero-order valence-electron chi connectivity index (χ0n) is 20.9. The predicted octanol–water partition coefficient (Wildman–Crippen LogP) is 6.55. The van der Waals surface area contributed by atoms with Crippen LogP contribution in [0.1, 0.15) is 63.0 Å². The summed E-state index contributed by atoms with van der Waals surface area (Å²) in [6.45, 7) is 12.8. The molecule has 3 rings (SSSR count). The van der Waals surface area contributed by atoms with Gasteiger partial charge in [-0.2, -0.15) is 0 Å². The Balaban J connectivity index is 1.50. The van der Waals surface area contributed by atoms with Crippen LogP contribution in [0.15, 0.2) is 72.8 Å². The SMILES string of the molecule is CC(C)(C)c1ccc(OCC(=O)Nc2ccc(NC(=O)c3ccc(C(C)(C)C)cc3)cc2)cc1. The van der Waals surface area contributed by atoms with Crippen molar-refractivity contribution in [3.8, 4) is 5.75 Å². The first-order valence-electron chi connectivity index (χ1n) is 11.5. The first kappa shape index (κ1) is 25.0. The Kier molecular flexibility index (Phi) is 7.45. The van der Waals surface area contributed by atoms with Crippen molar-refractivity contribution < 1.29 is 14.3 Å². The van der Waals surface area contributed by atoms with E-state index in [1.54, 1.807) is 24.3 Å². The van der Waals surface area contributed by atoms with Gasteiger partial charge in [-0.15, -0.1) is 0 Å². The molecule has 3 aromatic rings. The highest BCUT2D eigenvalue weighted by Gasteiger charge is 2.15. The largest absolute Gasteiger partial charge is 0.484 e. The number of hydrogen-bond donors (Lipinski definition) is 2. The van der Waals surface area contributed by atoms with E-state index in [0.29, 0.717) is 22.7 Å². The maximum atomic E-state index is 12.5. The zero-order valence-corrected chi connectivity index (χ0v) is 20.9. The Bertz CT molecular complexity index is 1120. The molecule has 34 heavy (non-hydrogen) atoms. The van der Waals surface area contributed by atoms with Crippen molar-refractivity contribution in [1.29, 1.82) is 0 Å². The highest BCUT2D eigenvalue weighted by Crippen LogP contribution is 2.25. The van der Waals surface area contributed by atoms with Crippen molar-refractivity contribution in [3.05, 3.63) is 89.5 Å². The van der Waals surface area contributed by atoms with E-state index >= 15 is 0 Å². The van der Waals surface area contributed by atoms with Crippen LogP contribution in [0.25, 0.3) is 0 Å². The first-order valence-corrected chi connectivity index (χ1v) is 11.5. The minimum Gasteiger partial charge on any atom is -0.484 e. The second-order valence-electron chi connectivity index (χ2n) is 10.5. The molecule has 178 valence electrons. The fourth-order valence-corrected chi connectivity index (χ4v) is 3.36. The summed E-state index contributed by atoms with van der Waals surface area (Å²) in [5, 5.41) is 5.69. The monoisotopic (exact) mass is 458 g/mol. The predicted molar refractivity (Wildman–Crippen MR) is 139 cm³/mol. The van der Waals surface area contributed by atoms with Crippen molar-refractivity contribution in [1.82, 2.24) is 0 Å². The quantitative estimate of drug-likeness (QED) is 0.440. The van der Waals surface area contributed by atoms with Crippen molar-refractivity contribution in [2.75, 3.05) is 17.2 Å². The standard InChI is InChI=1S/C29H34N2O3/c1-28(2,3)21-9-7-20(8-10-21)27(33)31-24-15-13-23(14-16-24)30-26(32)19-34-25-17-11-22(12-18-25)29(4,5)6/h7-18H,19H2,1-6H3,(H,30,32)(H,31,33). The van der Waals surface area contributed by atoms with Gasteiger partial charge in [-0.25, -0.2) is 0 Å². The number of rotatable bonds is 6. The fraction of sp³-hybridized carbons (Fsp3) is 0.310. The summed E-state index contributed by atoms with van der Waals surface area (Å²) in [5.74, 6) is 0.218. The van der Waals surface area contributed by atoms with E-state index in [1.807, 2.05) is 48.5 Å². The molecule has 0 fully saturated rings. The smallest absolute Gasteiger partial charge is 0.262 e. The van der Waals surface area contributed by atoms with Crippen LogP contribution >= 0.6 is 0 Å². The van der Waals surface area contributed by atoms with Crippen molar-refractivity contribution in [2.45, 2.75) is 52.4 Å². The molecule has 2 N–H and O–H groups in total. The topological polar surface area (TPSA) is 67.4 Å². The van der Waals surface area contributed by atoms with E-state index < -0.39 is 0 Å². The molecule has 0 aliphatic heterocycles. The molecule has 0 atom stereocenters. The van der Waals surface area contributed by atoms with Gasteiger partial charge in [0.2, 0.25) is 0 Å². The summed E-state index contributed by atoms with van der Waals surface area (Å²) < 4.78 is 5.59. The molecule has 0 heterocycles. The van der Waals surface area contributed by atoms with Gasteiger partial charge in [0.25, 0.3) is 11.8 Å². The lowest BCUT2D eigenvalue weighted by atomic mass is 9.87. The number of carbonyl (C=O) groups is 2. The van der Waals surface area contributed by atoms with Gasteiger partial charge in [-0.05, 0) is 70.5 Å². The lowest BCUT2D eigenvalue weighted by Gasteiger charge is -2.19. The molecule has 0 aliphatic rings. The number of ether oxygens (including phenoxy) is 1. The molecule has 0 spiro atoms. The molecule has 5 nitrogen and oxygen atoms in total.